The van der Waals surface area contributed by atoms with Crippen molar-refractivity contribution in [2.45, 2.75) is 39.5 Å². The second-order valence-electron chi connectivity index (χ2n) is 17.7. The molecule has 312 valence electrons. The lowest BCUT2D eigenvalue weighted by Crippen LogP contribution is -2.13. The lowest BCUT2D eigenvalue weighted by molar-refractivity contribution is 0.668. The van der Waals surface area contributed by atoms with Crippen molar-refractivity contribution in [3.8, 4) is 6.07 Å². The van der Waals surface area contributed by atoms with Gasteiger partial charge in [0.15, 0.2) is 11.2 Å². The second-order valence-corrected chi connectivity index (χ2v) is 18.9. The number of nitriles is 1. The van der Waals surface area contributed by atoms with Crippen LogP contribution in [-0.2, 0) is 0 Å². The van der Waals surface area contributed by atoms with E-state index in [0.29, 0.717) is 5.56 Å². The molecule has 5 nitrogen and oxygen atoms in total. The Kier molecular flexibility index (Phi) is 9.15. The molecular formula is C59H42IN3O2. The number of furan rings is 2. The van der Waals surface area contributed by atoms with E-state index in [4.69, 9.17) is 8.83 Å². The zero-order chi connectivity index (χ0) is 44.1. The Labute approximate surface area is 390 Å². The van der Waals surface area contributed by atoms with Gasteiger partial charge in [-0.25, -0.2) is 0 Å². The Hall–Kier alpha value is -7.34. The van der Waals surface area contributed by atoms with Crippen LogP contribution in [0.5, 0.6) is 0 Å². The first-order valence-electron chi connectivity index (χ1n) is 22.2. The van der Waals surface area contributed by atoms with Gasteiger partial charge >= 0.3 is 0 Å². The molecule has 65 heavy (non-hydrogen) atoms. The summed E-state index contributed by atoms with van der Waals surface area (Å²) in [7, 11) is 0. The first-order valence-corrected chi connectivity index (χ1v) is 23.3. The summed E-state index contributed by atoms with van der Waals surface area (Å²) in [6.07, 6.45) is 0. The van der Waals surface area contributed by atoms with Crippen LogP contribution in [0.4, 0.5) is 34.1 Å². The fraction of sp³-hybridized carbons (Fsp3) is 0.102. The summed E-state index contributed by atoms with van der Waals surface area (Å²) in [6, 6.07) is 62.7. The number of halogens is 1. The van der Waals surface area contributed by atoms with Crippen molar-refractivity contribution in [3.05, 3.63) is 190 Å². The Morgan fingerprint density at radius 3 is 1.29 bits per heavy atom. The number of anilines is 6. The standard InChI is InChI=1S/C59H42IN3O2/c1-34(2)48-31-52(62(38-23-19-36(33-61)20-24-38)50-15-9-13-44-40-11-5-7-17-54(40)64-58(44)50)46-29-27-43-49(35(3)4)32-53(47-30-28-42(48)56(46)57(43)47)63(39-25-21-37(60)22-26-39)51-16-10-14-45-41-12-6-8-18-55(41)65-59(45)51/h5-32,34-35H,1-4H3. The molecule has 2 heterocycles. The molecule has 0 fully saturated rings. The van der Waals surface area contributed by atoms with Gasteiger partial charge in [0.25, 0.3) is 0 Å². The minimum atomic E-state index is 0.209. The Bertz CT molecular complexity index is 3870. The first kappa shape index (κ1) is 39.3. The molecule has 0 saturated carbocycles. The lowest BCUT2D eigenvalue weighted by atomic mass is 9.84. The lowest BCUT2D eigenvalue weighted by Gasteiger charge is -2.31. The van der Waals surface area contributed by atoms with E-state index in [1.165, 1.54) is 36.2 Å². The molecule has 0 spiro atoms. The van der Waals surface area contributed by atoms with Gasteiger partial charge < -0.3 is 18.6 Å². The highest BCUT2D eigenvalue weighted by Crippen LogP contribution is 2.53. The maximum Gasteiger partial charge on any atom is 0.159 e. The highest BCUT2D eigenvalue weighted by molar-refractivity contribution is 14.1. The number of hydrogen-bond acceptors (Lipinski definition) is 5. The van der Waals surface area contributed by atoms with Crippen LogP contribution in [0.3, 0.4) is 0 Å². The number of hydrogen-bond donors (Lipinski definition) is 0. The van der Waals surface area contributed by atoms with Gasteiger partial charge in [0.1, 0.15) is 11.2 Å². The quantitative estimate of drug-likeness (QED) is 0.112. The molecule has 0 unspecified atom stereocenters. The summed E-state index contributed by atoms with van der Waals surface area (Å²) in [5, 5.41) is 21.5. The number of fused-ring (bicyclic) bond motifs is 6. The zero-order valence-electron chi connectivity index (χ0n) is 36.4. The minimum Gasteiger partial charge on any atom is -0.454 e. The van der Waals surface area contributed by atoms with Crippen molar-refractivity contribution in [2.24, 2.45) is 0 Å². The first-order chi connectivity index (χ1) is 31.8. The summed E-state index contributed by atoms with van der Waals surface area (Å²) in [5.74, 6) is 0.435. The van der Waals surface area contributed by atoms with E-state index in [-0.39, 0.29) is 11.8 Å². The molecule has 0 aliphatic heterocycles. The third-order valence-electron chi connectivity index (χ3n) is 13.2. The van der Waals surface area contributed by atoms with Crippen LogP contribution in [-0.4, -0.2) is 0 Å². The van der Waals surface area contributed by atoms with Crippen molar-refractivity contribution in [3.63, 3.8) is 0 Å². The highest BCUT2D eigenvalue weighted by atomic mass is 127. The normalized spacial score (nSPS) is 12.0. The van der Waals surface area contributed by atoms with E-state index in [1.54, 1.807) is 0 Å². The van der Waals surface area contributed by atoms with Crippen LogP contribution in [0.2, 0.25) is 0 Å². The van der Waals surface area contributed by atoms with Gasteiger partial charge in [0.2, 0.25) is 0 Å². The van der Waals surface area contributed by atoms with Crippen LogP contribution in [0.1, 0.15) is 56.2 Å². The molecule has 0 radical (unpaired) electrons. The number of para-hydroxylation sites is 4. The summed E-state index contributed by atoms with van der Waals surface area (Å²) in [4.78, 5) is 4.75. The fourth-order valence-corrected chi connectivity index (χ4v) is 10.6. The molecule has 0 bridgehead atoms. The van der Waals surface area contributed by atoms with Crippen LogP contribution in [0.15, 0.2) is 179 Å². The molecule has 0 N–H and O–H groups in total. The fourth-order valence-electron chi connectivity index (χ4n) is 10.2. The van der Waals surface area contributed by atoms with Crippen LogP contribution in [0, 0.1) is 14.9 Å². The van der Waals surface area contributed by atoms with Crippen LogP contribution in [0.25, 0.3) is 76.2 Å². The van der Waals surface area contributed by atoms with E-state index < -0.39 is 0 Å². The van der Waals surface area contributed by atoms with Crippen molar-refractivity contribution in [1.82, 2.24) is 0 Å². The molecule has 2 aromatic heterocycles. The molecule has 12 aromatic rings. The number of nitrogens with zero attached hydrogens (tertiary/aromatic N) is 3. The smallest absolute Gasteiger partial charge is 0.159 e. The summed E-state index contributed by atoms with van der Waals surface area (Å²) >= 11 is 2.39. The third-order valence-corrected chi connectivity index (χ3v) is 14.0. The average Bonchev–Trinajstić information content (AvgIpc) is 3.91. The predicted molar refractivity (Wildman–Crippen MR) is 280 cm³/mol. The molecule has 0 aliphatic carbocycles. The third kappa shape index (κ3) is 6.09. The van der Waals surface area contributed by atoms with Crippen molar-refractivity contribution in [2.75, 3.05) is 9.80 Å². The average molecular weight is 952 g/mol. The Morgan fingerprint density at radius 2 is 0.846 bits per heavy atom. The van der Waals surface area contributed by atoms with Gasteiger partial charge in [-0.05, 0) is 152 Å². The van der Waals surface area contributed by atoms with Gasteiger partial charge in [-0.15, -0.1) is 0 Å². The zero-order valence-corrected chi connectivity index (χ0v) is 38.5. The largest absolute Gasteiger partial charge is 0.454 e. The van der Waals surface area contributed by atoms with Crippen LogP contribution >= 0.6 is 22.6 Å². The molecule has 6 heteroatoms. The molecule has 12 rings (SSSR count). The molecule has 10 aromatic carbocycles. The van der Waals surface area contributed by atoms with E-state index in [1.807, 2.05) is 30.3 Å². The number of rotatable bonds is 8. The minimum absolute atomic E-state index is 0.209. The van der Waals surface area contributed by atoms with E-state index in [2.05, 4.69) is 206 Å². The van der Waals surface area contributed by atoms with Gasteiger partial charge in [-0.1, -0.05) is 113 Å². The van der Waals surface area contributed by atoms with E-state index in [9.17, 15) is 5.26 Å². The van der Waals surface area contributed by atoms with Gasteiger partial charge in [0, 0.05) is 47.3 Å². The Morgan fingerprint density at radius 1 is 0.431 bits per heavy atom. The predicted octanol–water partition coefficient (Wildman–Crippen LogP) is 18.0. The molecule has 0 aliphatic rings. The summed E-state index contributed by atoms with van der Waals surface area (Å²) < 4.78 is 14.7. The van der Waals surface area contributed by atoms with Gasteiger partial charge in [-0.3, -0.25) is 0 Å². The topological polar surface area (TPSA) is 56.6 Å². The SMILES string of the molecule is CC(C)c1cc(N(c2ccc(I)cc2)c2cccc3c2oc2ccccc23)c2ccc3c(C(C)C)cc(N(c4ccc(C#N)cc4)c4cccc5c4oc4ccccc45)c4ccc1c2c34. The summed E-state index contributed by atoms with van der Waals surface area (Å²) in [6.45, 7) is 9.19. The number of benzene rings is 10. The van der Waals surface area contributed by atoms with Gasteiger partial charge in [0.05, 0.1) is 34.4 Å². The Balaban J connectivity index is 1.21. The van der Waals surface area contributed by atoms with Gasteiger partial charge in [-0.2, -0.15) is 5.26 Å². The van der Waals surface area contributed by atoms with E-state index >= 15 is 0 Å². The van der Waals surface area contributed by atoms with Crippen LogP contribution < -0.4 is 9.80 Å². The highest BCUT2D eigenvalue weighted by Gasteiger charge is 2.28. The summed E-state index contributed by atoms with van der Waals surface area (Å²) in [5.41, 5.74) is 12.6. The molecule has 0 amide bonds. The molecular weight excluding hydrogens is 910 g/mol. The maximum atomic E-state index is 9.90. The molecule has 0 saturated heterocycles. The van der Waals surface area contributed by atoms with Crippen molar-refractivity contribution >= 4 is 133 Å². The van der Waals surface area contributed by atoms with Crippen molar-refractivity contribution < 1.29 is 8.83 Å². The second kappa shape index (κ2) is 15.1. The maximum absolute atomic E-state index is 9.90. The molecule has 0 atom stereocenters. The van der Waals surface area contributed by atoms with Crippen molar-refractivity contribution in [1.29, 1.82) is 5.26 Å². The monoisotopic (exact) mass is 951 g/mol. The van der Waals surface area contributed by atoms with E-state index in [0.717, 1.165) is 88.8 Å².